The lowest BCUT2D eigenvalue weighted by molar-refractivity contribution is 0.669. The van der Waals surface area contributed by atoms with Crippen LogP contribution >= 0.6 is 11.3 Å². The van der Waals surface area contributed by atoms with Gasteiger partial charge in [-0.25, -0.2) is 9.97 Å². The van der Waals surface area contributed by atoms with E-state index in [4.69, 9.17) is 14.4 Å². The molecule has 1 aliphatic rings. The summed E-state index contributed by atoms with van der Waals surface area (Å²) in [5.41, 5.74) is 12.4. The summed E-state index contributed by atoms with van der Waals surface area (Å²) in [5.74, 6) is 0.665. The Morgan fingerprint density at radius 3 is 1.96 bits per heavy atom. The van der Waals surface area contributed by atoms with Crippen LogP contribution in [0.4, 0.5) is 0 Å². The predicted molar refractivity (Wildman–Crippen MR) is 218 cm³/mol. The standard InChI is InChI=1S/C49H30N2OS/c1-3-15-33(16-4-1)49(34-17-5-2-6-18-34)39-22-10-8-20-37(39)47-38(21-13-23-40(47)49)41-30-42(46-29-31-14-7-12-25-45(31)53-46)51-48(50-41)32-26-27-36-35-19-9-11-24-43(35)52-44(36)28-32/h1-30H. The zero-order chi connectivity index (χ0) is 34.9. The minimum absolute atomic E-state index is 0.499. The molecule has 0 saturated carbocycles. The molecule has 0 saturated heterocycles. The first-order valence-electron chi connectivity index (χ1n) is 17.9. The van der Waals surface area contributed by atoms with Gasteiger partial charge in [-0.1, -0.05) is 146 Å². The normalized spacial score (nSPS) is 13.1. The van der Waals surface area contributed by atoms with Gasteiger partial charge < -0.3 is 4.42 Å². The SMILES string of the molecule is c1ccc(C2(c3ccccc3)c3ccccc3-c3c(-c4cc(-c5cc6ccccc6s5)nc(-c5ccc6c(c5)oc5ccccc56)n4)cccc32)cc1. The van der Waals surface area contributed by atoms with Crippen LogP contribution in [0.5, 0.6) is 0 Å². The van der Waals surface area contributed by atoms with Crippen LogP contribution in [0.2, 0.25) is 0 Å². The molecule has 3 nitrogen and oxygen atoms in total. The van der Waals surface area contributed by atoms with E-state index in [9.17, 15) is 0 Å². The number of furan rings is 1. The lowest BCUT2D eigenvalue weighted by Gasteiger charge is -2.33. The number of hydrogen-bond acceptors (Lipinski definition) is 4. The number of hydrogen-bond donors (Lipinski definition) is 0. The maximum Gasteiger partial charge on any atom is 0.160 e. The number of benzene rings is 7. The van der Waals surface area contributed by atoms with E-state index in [1.807, 2.05) is 12.1 Å². The van der Waals surface area contributed by atoms with E-state index in [0.29, 0.717) is 5.82 Å². The molecule has 4 heteroatoms. The highest BCUT2D eigenvalue weighted by molar-refractivity contribution is 7.22. The van der Waals surface area contributed by atoms with Crippen LogP contribution in [-0.4, -0.2) is 9.97 Å². The first-order valence-corrected chi connectivity index (χ1v) is 18.7. The summed E-state index contributed by atoms with van der Waals surface area (Å²) in [5, 5.41) is 3.40. The summed E-state index contributed by atoms with van der Waals surface area (Å²) in [6.07, 6.45) is 0. The zero-order valence-electron chi connectivity index (χ0n) is 28.5. The highest BCUT2D eigenvalue weighted by Gasteiger charge is 2.46. The first kappa shape index (κ1) is 30.0. The van der Waals surface area contributed by atoms with Crippen molar-refractivity contribution in [3.8, 4) is 44.3 Å². The Morgan fingerprint density at radius 1 is 0.472 bits per heavy atom. The molecule has 0 N–H and O–H groups in total. The summed E-state index contributed by atoms with van der Waals surface area (Å²) in [7, 11) is 0. The van der Waals surface area contributed by atoms with Crippen LogP contribution in [0.1, 0.15) is 22.3 Å². The van der Waals surface area contributed by atoms with E-state index < -0.39 is 5.41 Å². The van der Waals surface area contributed by atoms with Crippen LogP contribution < -0.4 is 0 Å². The van der Waals surface area contributed by atoms with E-state index >= 15 is 0 Å². The molecular formula is C49H30N2OS. The van der Waals surface area contributed by atoms with Crippen molar-refractivity contribution in [2.75, 3.05) is 0 Å². The number of fused-ring (bicyclic) bond motifs is 7. The summed E-state index contributed by atoms with van der Waals surface area (Å²) >= 11 is 1.76. The molecule has 0 amide bonds. The highest BCUT2D eigenvalue weighted by Crippen LogP contribution is 2.58. The molecule has 3 aromatic heterocycles. The molecule has 248 valence electrons. The van der Waals surface area contributed by atoms with Crippen molar-refractivity contribution in [3.05, 3.63) is 204 Å². The van der Waals surface area contributed by atoms with E-state index in [1.165, 1.54) is 43.5 Å². The van der Waals surface area contributed by atoms with Crippen molar-refractivity contribution in [3.63, 3.8) is 0 Å². The second-order valence-corrected chi connectivity index (χ2v) is 14.8. The molecule has 0 bridgehead atoms. The third kappa shape index (κ3) is 4.52. The molecule has 0 aliphatic heterocycles. The quantitative estimate of drug-likeness (QED) is 0.180. The monoisotopic (exact) mass is 694 g/mol. The first-order chi connectivity index (χ1) is 26.3. The van der Waals surface area contributed by atoms with Gasteiger partial charge in [-0.2, -0.15) is 0 Å². The molecule has 0 spiro atoms. The van der Waals surface area contributed by atoms with Gasteiger partial charge in [0.15, 0.2) is 5.82 Å². The molecule has 0 unspecified atom stereocenters. The predicted octanol–water partition coefficient (Wildman–Crippen LogP) is 13.0. The number of thiophene rings is 1. The van der Waals surface area contributed by atoms with Gasteiger partial charge in [0, 0.05) is 26.6 Å². The van der Waals surface area contributed by atoms with Crippen LogP contribution in [0, 0.1) is 0 Å². The summed E-state index contributed by atoms with van der Waals surface area (Å²) < 4.78 is 7.57. The van der Waals surface area contributed by atoms with Crippen molar-refractivity contribution in [1.82, 2.24) is 9.97 Å². The Bertz CT molecular complexity index is 2940. The van der Waals surface area contributed by atoms with E-state index in [-0.39, 0.29) is 0 Å². The van der Waals surface area contributed by atoms with Gasteiger partial charge in [0.05, 0.1) is 21.7 Å². The van der Waals surface area contributed by atoms with Gasteiger partial charge in [-0.15, -0.1) is 11.3 Å². The maximum absolute atomic E-state index is 6.34. The molecule has 11 rings (SSSR count). The second kappa shape index (κ2) is 11.7. The average Bonchev–Trinajstić information content (AvgIpc) is 3.92. The van der Waals surface area contributed by atoms with E-state index in [2.05, 4.69) is 170 Å². The van der Waals surface area contributed by atoms with Crippen LogP contribution in [0.15, 0.2) is 186 Å². The second-order valence-electron chi connectivity index (χ2n) is 13.7. The summed E-state index contributed by atoms with van der Waals surface area (Å²) in [4.78, 5) is 11.8. The third-order valence-corrected chi connectivity index (χ3v) is 11.9. The fourth-order valence-electron chi connectivity index (χ4n) is 8.52. The fraction of sp³-hybridized carbons (Fsp3) is 0.0204. The van der Waals surface area contributed by atoms with Crippen molar-refractivity contribution in [2.24, 2.45) is 0 Å². The van der Waals surface area contributed by atoms with Gasteiger partial charge in [-0.3, -0.25) is 0 Å². The highest BCUT2D eigenvalue weighted by atomic mass is 32.1. The topological polar surface area (TPSA) is 38.9 Å². The Hall–Kier alpha value is -6.62. The van der Waals surface area contributed by atoms with Crippen LogP contribution in [0.25, 0.3) is 76.4 Å². The minimum Gasteiger partial charge on any atom is -0.456 e. The lowest BCUT2D eigenvalue weighted by Crippen LogP contribution is -2.28. The molecule has 53 heavy (non-hydrogen) atoms. The van der Waals surface area contributed by atoms with Gasteiger partial charge in [-0.05, 0) is 75.2 Å². The fourth-order valence-corrected chi connectivity index (χ4v) is 9.54. The third-order valence-electron chi connectivity index (χ3n) is 10.8. The zero-order valence-corrected chi connectivity index (χ0v) is 29.3. The van der Waals surface area contributed by atoms with Gasteiger partial charge in [0.2, 0.25) is 0 Å². The van der Waals surface area contributed by atoms with Gasteiger partial charge in [0.25, 0.3) is 0 Å². The van der Waals surface area contributed by atoms with E-state index in [0.717, 1.165) is 49.3 Å². The molecule has 10 aromatic rings. The van der Waals surface area contributed by atoms with Crippen molar-refractivity contribution in [1.29, 1.82) is 0 Å². The minimum atomic E-state index is -0.499. The maximum atomic E-state index is 6.34. The Kier molecular flexibility index (Phi) is 6.64. The summed E-state index contributed by atoms with van der Waals surface area (Å²) in [6.45, 7) is 0. The lowest BCUT2D eigenvalue weighted by atomic mass is 9.67. The van der Waals surface area contributed by atoms with Crippen LogP contribution in [-0.2, 0) is 5.41 Å². The molecule has 7 aromatic carbocycles. The molecule has 0 fully saturated rings. The Balaban J connectivity index is 1.19. The van der Waals surface area contributed by atoms with Crippen molar-refractivity contribution < 1.29 is 4.42 Å². The van der Waals surface area contributed by atoms with Crippen molar-refractivity contribution in [2.45, 2.75) is 5.41 Å². The average molecular weight is 695 g/mol. The van der Waals surface area contributed by atoms with Crippen LogP contribution in [0.3, 0.4) is 0 Å². The largest absolute Gasteiger partial charge is 0.456 e. The van der Waals surface area contributed by atoms with E-state index in [1.54, 1.807) is 11.3 Å². The molecule has 0 radical (unpaired) electrons. The van der Waals surface area contributed by atoms with Gasteiger partial charge in [0.1, 0.15) is 11.2 Å². The molecular weight excluding hydrogens is 665 g/mol. The Labute approximate surface area is 310 Å². The van der Waals surface area contributed by atoms with Crippen molar-refractivity contribution >= 4 is 43.4 Å². The van der Waals surface area contributed by atoms with Gasteiger partial charge >= 0.3 is 0 Å². The molecule has 3 heterocycles. The number of aromatic nitrogens is 2. The number of para-hydroxylation sites is 1. The number of nitrogens with zero attached hydrogens (tertiary/aromatic N) is 2. The summed E-state index contributed by atoms with van der Waals surface area (Å²) in [6, 6.07) is 65.0. The smallest absolute Gasteiger partial charge is 0.160 e. The molecule has 1 aliphatic carbocycles. The number of rotatable bonds is 5. The molecule has 0 atom stereocenters. The Morgan fingerprint density at radius 2 is 1.13 bits per heavy atom.